The van der Waals surface area contributed by atoms with Crippen molar-refractivity contribution in [2.24, 2.45) is 0 Å². The number of nitrogens with zero attached hydrogens (tertiary/aromatic N) is 2. The second-order valence-electron chi connectivity index (χ2n) is 7.70. The first-order valence-electron chi connectivity index (χ1n) is 10.3. The largest absolute Gasteiger partial charge is 0.340 e. The van der Waals surface area contributed by atoms with Crippen molar-refractivity contribution in [3.05, 3.63) is 105 Å². The van der Waals surface area contributed by atoms with E-state index in [1.54, 1.807) is 0 Å². The van der Waals surface area contributed by atoms with Crippen LogP contribution in [0.5, 0.6) is 0 Å². The third-order valence-electron chi connectivity index (χ3n) is 5.69. The molecule has 164 valence electrons. The van der Waals surface area contributed by atoms with E-state index in [9.17, 15) is 9.18 Å². The van der Waals surface area contributed by atoms with Gasteiger partial charge in [0.1, 0.15) is 5.82 Å². The highest BCUT2D eigenvalue weighted by molar-refractivity contribution is 8.27. The number of benzene rings is 3. The van der Waals surface area contributed by atoms with Crippen LogP contribution in [0.4, 0.5) is 10.1 Å². The summed E-state index contributed by atoms with van der Waals surface area (Å²) >= 11 is 12.6. The molecule has 1 aromatic heterocycles. The van der Waals surface area contributed by atoms with E-state index in [4.69, 9.17) is 23.8 Å². The molecule has 4 aromatic rings. The molecule has 0 bridgehead atoms. The highest BCUT2D eigenvalue weighted by atomic mass is 35.5. The molecular formula is C26H18ClFN2OS2. The summed E-state index contributed by atoms with van der Waals surface area (Å²) in [5.41, 5.74) is 4.81. The van der Waals surface area contributed by atoms with Gasteiger partial charge in [0.25, 0.3) is 5.91 Å². The van der Waals surface area contributed by atoms with Gasteiger partial charge in [-0.05, 0) is 42.8 Å². The minimum absolute atomic E-state index is 0.0506. The molecule has 0 aliphatic carbocycles. The van der Waals surface area contributed by atoms with Gasteiger partial charge in [-0.2, -0.15) is 0 Å². The van der Waals surface area contributed by atoms with Gasteiger partial charge < -0.3 is 4.57 Å². The first-order chi connectivity index (χ1) is 15.9. The Morgan fingerprint density at radius 3 is 2.55 bits per heavy atom. The molecule has 7 heteroatoms. The quantitative estimate of drug-likeness (QED) is 0.222. The van der Waals surface area contributed by atoms with Crippen molar-refractivity contribution < 1.29 is 9.18 Å². The summed E-state index contributed by atoms with van der Waals surface area (Å²) in [6.07, 6.45) is 1.91. The standard InChI is InChI=1S/C26H18ClFN2OS2/c1-16-20(19-9-5-6-10-23(19)29(16)15-17-7-3-2-4-8-17)14-24-25(31)30(26(32)33-24)18-11-12-22(28)21(27)13-18/h2-14H,15H2,1H3/b24-14-. The summed E-state index contributed by atoms with van der Waals surface area (Å²) in [5.74, 6) is -0.782. The van der Waals surface area contributed by atoms with Gasteiger partial charge in [-0.1, -0.05) is 84.1 Å². The number of thiocarbonyl (C=S) groups is 1. The molecule has 0 radical (unpaired) electrons. The Morgan fingerprint density at radius 1 is 1.06 bits per heavy atom. The van der Waals surface area contributed by atoms with Crippen LogP contribution >= 0.6 is 35.6 Å². The summed E-state index contributed by atoms with van der Waals surface area (Å²) in [5, 5.41) is 1.02. The Kier molecular flexibility index (Phi) is 5.83. The number of aromatic nitrogens is 1. The van der Waals surface area contributed by atoms with Crippen LogP contribution in [0.25, 0.3) is 17.0 Å². The van der Waals surface area contributed by atoms with E-state index in [-0.39, 0.29) is 10.9 Å². The van der Waals surface area contributed by atoms with E-state index in [2.05, 4.69) is 35.8 Å². The number of rotatable bonds is 4. The first-order valence-corrected chi connectivity index (χ1v) is 11.9. The molecule has 2 heterocycles. The number of thioether (sulfide) groups is 1. The molecule has 1 aliphatic heterocycles. The predicted molar refractivity (Wildman–Crippen MR) is 139 cm³/mol. The smallest absolute Gasteiger partial charge is 0.270 e. The number of carbonyl (C=O) groups is 1. The summed E-state index contributed by atoms with van der Waals surface area (Å²) in [6.45, 7) is 2.80. The zero-order valence-corrected chi connectivity index (χ0v) is 20.0. The summed E-state index contributed by atoms with van der Waals surface area (Å²) in [6, 6.07) is 22.6. The van der Waals surface area contributed by atoms with Gasteiger partial charge in [0.05, 0.1) is 15.6 Å². The predicted octanol–water partition coefficient (Wildman–Crippen LogP) is 7.20. The van der Waals surface area contributed by atoms with Crippen LogP contribution in [0.15, 0.2) is 77.7 Å². The van der Waals surface area contributed by atoms with Crippen molar-refractivity contribution in [1.82, 2.24) is 4.57 Å². The van der Waals surface area contributed by atoms with Crippen molar-refractivity contribution in [2.45, 2.75) is 13.5 Å². The minimum Gasteiger partial charge on any atom is -0.340 e. The van der Waals surface area contributed by atoms with Gasteiger partial charge in [-0.3, -0.25) is 9.69 Å². The second-order valence-corrected chi connectivity index (χ2v) is 9.79. The fourth-order valence-electron chi connectivity index (χ4n) is 4.06. The Balaban J connectivity index is 1.57. The van der Waals surface area contributed by atoms with Crippen LogP contribution in [0.2, 0.25) is 5.02 Å². The van der Waals surface area contributed by atoms with Crippen molar-refractivity contribution in [1.29, 1.82) is 0 Å². The lowest BCUT2D eigenvalue weighted by Crippen LogP contribution is -2.27. The summed E-state index contributed by atoms with van der Waals surface area (Å²) in [7, 11) is 0. The van der Waals surface area contributed by atoms with Crippen molar-refractivity contribution in [3.63, 3.8) is 0 Å². The monoisotopic (exact) mass is 492 g/mol. The average Bonchev–Trinajstić information content (AvgIpc) is 3.24. The average molecular weight is 493 g/mol. The lowest BCUT2D eigenvalue weighted by atomic mass is 10.1. The first kappa shape index (κ1) is 21.9. The van der Waals surface area contributed by atoms with E-state index >= 15 is 0 Å². The number of hydrogen-bond donors (Lipinski definition) is 0. The van der Waals surface area contributed by atoms with E-state index in [1.165, 1.54) is 40.4 Å². The molecule has 0 spiro atoms. The molecule has 1 amide bonds. The van der Waals surface area contributed by atoms with Crippen LogP contribution in [-0.4, -0.2) is 14.8 Å². The lowest BCUT2D eigenvalue weighted by molar-refractivity contribution is -0.113. The lowest BCUT2D eigenvalue weighted by Gasteiger charge is -2.14. The number of para-hydroxylation sites is 1. The van der Waals surface area contributed by atoms with Gasteiger partial charge in [0.15, 0.2) is 4.32 Å². The molecule has 0 atom stereocenters. The zero-order chi connectivity index (χ0) is 23.1. The number of amides is 1. The van der Waals surface area contributed by atoms with Crippen molar-refractivity contribution in [3.8, 4) is 0 Å². The van der Waals surface area contributed by atoms with Crippen LogP contribution < -0.4 is 4.90 Å². The number of anilines is 1. The highest BCUT2D eigenvalue weighted by Crippen LogP contribution is 2.39. The maximum absolute atomic E-state index is 13.6. The van der Waals surface area contributed by atoms with E-state index in [1.807, 2.05) is 36.4 Å². The van der Waals surface area contributed by atoms with Crippen LogP contribution in [-0.2, 0) is 11.3 Å². The van der Waals surface area contributed by atoms with E-state index in [0.29, 0.717) is 14.9 Å². The maximum Gasteiger partial charge on any atom is 0.270 e. The summed E-state index contributed by atoms with van der Waals surface area (Å²) < 4.78 is 16.3. The van der Waals surface area contributed by atoms with Crippen LogP contribution in [0.1, 0.15) is 16.8 Å². The van der Waals surface area contributed by atoms with E-state index < -0.39 is 5.82 Å². The molecule has 0 saturated carbocycles. The van der Waals surface area contributed by atoms with Gasteiger partial charge in [-0.15, -0.1) is 0 Å². The highest BCUT2D eigenvalue weighted by Gasteiger charge is 2.34. The SMILES string of the molecule is Cc1c(/C=C2\SC(=S)N(c3ccc(F)c(Cl)c3)C2=O)c2ccccc2n1Cc1ccccc1. The molecule has 1 saturated heterocycles. The Hall–Kier alpha value is -2.93. The molecule has 1 aliphatic rings. The molecule has 5 rings (SSSR count). The molecule has 3 nitrogen and oxygen atoms in total. The number of hydrogen-bond acceptors (Lipinski definition) is 3. The molecular weight excluding hydrogens is 475 g/mol. The number of fused-ring (bicyclic) bond motifs is 1. The molecule has 0 N–H and O–H groups in total. The molecule has 1 fully saturated rings. The number of halogens is 2. The minimum atomic E-state index is -0.539. The normalized spacial score (nSPS) is 15.2. The van der Waals surface area contributed by atoms with E-state index in [0.717, 1.165) is 28.7 Å². The Bertz CT molecular complexity index is 1450. The van der Waals surface area contributed by atoms with Gasteiger partial charge in [0, 0.05) is 28.7 Å². The van der Waals surface area contributed by atoms with Gasteiger partial charge in [-0.25, -0.2) is 4.39 Å². The van der Waals surface area contributed by atoms with Crippen LogP contribution in [0.3, 0.4) is 0 Å². The Labute approximate surface area is 205 Å². The van der Waals surface area contributed by atoms with Crippen LogP contribution in [0, 0.1) is 12.7 Å². The molecule has 33 heavy (non-hydrogen) atoms. The molecule has 0 unspecified atom stereocenters. The topological polar surface area (TPSA) is 25.2 Å². The fraction of sp³-hybridized carbons (Fsp3) is 0.0769. The van der Waals surface area contributed by atoms with Crippen molar-refractivity contribution >= 4 is 68.5 Å². The van der Waals surface area contributed by atoms with Gasteiger partial charge >= 0.3 is 0 Å². The Morgan fingerprint density at radius 2 is 1.79 bits per heavy atom. The second kappa shape index (κ2) is 8.78. The maximum atomic E-state index is 13.6. The third kappa shape index (κ3) is 3.99. The summed E-state index contributed by atoms with van der Waals surface area (Å²) in [4.78, 5) is 15.2. The van der Waals surface area contributed by atoms with Crippen molar-refractivity contribution in [2.75, 3.05) is 4.90 Å². The molecule has 3 aromatic carbocycles. The fourth-order valence-corrected chi connectivity index (χ4v) is 5.51. The van der Waals surface area contributed by atoms with Gasteiger partial charge in [0.2, 0.25) is 0 Å². The third-order valence-corrected chi connectivity index (χ3v) is 7.29. The number of carbonyl (C=O) groups excluding carboxylic acids is 1. The zero-order valence-electron chi connectivity index (χ0n) is 17.6.